The van der Waals surface area contributed by atoms with Crippen LogP contribution in [0.1, 0.15) is 0 Å². The summed E-state index contributed by atoms with van der Waals surface area (Å²) in [5, 5.41) is 8.46. The highest BCUT2D eigenvalue weighted by atomic mass is 32.1. The second kappa shape index (κ2) is 12.8. The third-order valence-corrected chi connectivity index (χ3v) is 11.9. The summed E-state index contributed by atoms with van der Waals surface area (Å²) in [4.78, 5) is 15.4. The van der Waals surface area contributed by atoms with Crippen LogP contribution in [0.4, 0.5) is 0 Å². The predicted octanol–water partition coefficient (Wildman–Crippen LogP) is 14.0. The molecule has 55 heavy (non-hydrogen) atoms. The Hall–Kier alpha value is -7.01. The monoisotopic (exact) mass is 717 g/mol. The Morgan fingerprint density at radius 2 is 1.00 bits per heavy atom. The summed E-state index contributed by atoms with van der Waals surface area (Å²) < 4.78 is 2.41. The second-order valence-electron chi connectivity index (χ2n) is 14.0. The molecule has 256 valence electrons. The number of nitrogens with zero attached hydrogens (tertiary/aromatic N) is 3. The van der Waals surface area contributed by atoms with Crippen molar-refractivity contribution < 1.29 is 0 Å². The molecule has 11 aromatic rings. The van der Waals surface area contributed by atoms with Gasteiger partial charge in [0.1, 0.15) is 0 Å². The molecule has 0 bridgehead atoms. The number of hydrogen-bond donors (Lipinski definition) is 0. The normalized spacial score (nSPS) is 11.6. The number of aromatic nitrogens is 3. The molecule has 8 aromatic carbocycles. The number of hydrogen-bond acceptors (Lipinski definition) is 4. The SMILES string of the molecule is c1ccc(-c2cc(-c3cc(-c4cc5ccccc5c5ccccc45)cc(-c4ccnc5c4sc4ccccc45)c3)nc(-c3ccc4ccccc4c3)n2)cc1. The Balaban J connectivity index is 1.20. The summed E-state index contributed by atoms with van der Waals surface area (Å²) in [6, 6.07) is 65.0. The molecule has 0 saturated carbocycles. The zero-order valence-electron chi connectivity index (χ0n) is 29.6. The van der Waals surface area contributed by atoms with Crippen molar-refractivity contribution in [1.29, 1.82) is 0 Å². The molecule has 11 rings (SSSR count). The van der Waals surface area contributed by atoms with Crippen LogP contribution in [0.15, 0.2) is 188 Å². The van der Waals surface area contributed by atoms with Gasteiger partial charge in [-0.3, -0.25) is 4.98 Å². The van der Waals surface area contributed by atoms with Gasteiger partial charge in [0.25, 0.3) is 0 Å². The predicted molar refractivity (Wildman–Crippen MR) is 232 cm³/mol. The molecule has 0 aliphatic heterocycles. The van der Waals surface area contributed by atoms with E-state index in [-0.39, 0.29) is 0 Å². The number of benzene rings is 8. The van der Waals surface area contributed by atoms with Crippen molar-refractivity contribution in [1.82, 2.24) is 15.0 Å². The quantitative estimate of drug-likeness (QED) is 0.166. The molecule has 4 heteroatoms. The Kier molecular flexibility index (Phi) is 7.35. The van der Waals surface area contributed by atoms with Gasteiger partial charge in [0.05, 0.1) is 21.6 Å². The average molecular weight is 718 g/mol. The molecule has 0 fully saturated rings. The van der Waals surface area contributed by atoms with E-state index >= 15 is 0 Å². The van der Waals surface area contributed by atoms with Crippen molar-refractivity contribution in [3.8, 4) is 56.2 Å². The van der Waals surface area contributed by atoms with E-state index in [0.717, 1.165) is 55.7 Å². The number of fused-ring (bicyclic) bond motifs is 7. The van der Waals surface area contributed by atoms with E-state index in [4.69, 9.17) is 15.0 Å². The molecule has 0 radical (unpaired) electrons. The van der Waals surface area contributed by atoms with Gasteiger partial charge < -0.3 is 0 Å². The average Bonchev–Trinajstić information content (AvgIpc) is 3.65. The molecule has 0 amide bonds. The van der Waals surface area contributed by atoms with Gasteiger partial charge in [0.15, 0.2) is 5.82 Å². The third kappa shape index (κ3) is 5.46. The maximum Gasteiger partial charge on any atom is 0.160 e. The van der Waals surface area contributed by atoms with E-state index in [2.05, 4.69) is 176 Å². The zero-order chi connectivity index (χ0) is 36.3. The minimum absolute atomic E-state index is 0.695. The Morgan fingerprint density at radius 3 is 1.84 bits per heavy atom. The Labute approximate surface area is 321 Å². The highest BCUT2D eigenvalue weighted by Crippen LogP contribution is 2.43. The molecule has 3 aromatic heterocycles. The summed E-state index contributed by atoms with van der Waals surface area (Å²) in [6.45, 7) is 0. The molecule has 0 atom stereocenters. The molecule has 0 aliphatic carbocycles. The van der Waals surface area contributed by atoms with Crippen LogP contribution in [-0.2, 0) is 0 Å². The van der Waals surface area contributed by atoms with Crippen LogP contribution < -0.4 is 0 Å². The maximum atomic E-state index is 5.36. The van der Waals surface area contributed by atoms with Crippen LogP contribution in [-0.4, -0.2) is 15.0 Å². The first kappa shape index (κ1) is 31.5. The van der Waals surface area contributed by atoms with Crippen LogP contribution >= 0.6 is 11.3 Å². The van der Waals surface area contributed by atoms with E-state index in [1.165, 1.54) is 47.3 Å². The van der Waals surface area contributed by atoms with E-state index in [1.54, 1.807) is 11.3 Å². The number of rotatable bonds is 5. The van der Waals surface area contributed by atoms with Gasteiger partial charge in [-0.25, -0.2) is 9.97 Å². The highest BCUT2D eigenvalue weighted by Gasteiger charge is 2.18. The van der Waals surface area contributed by atoms with Crippen LogP contribution in [0.2, 0.25) is 0 Å². The lowest BCUT2D eigenvalue weighted by molar-refractivity contribution is 1.18. The Morgan fingerprint density at radius 1 is 0.364 bits per heavy atom. The van der Waals surface area contributed by atoms with Gasteiger partial charge in [-0.2, -0.15) is 0 Å². The van der Waals surface area contributed by atoms with E-state index in [9.17, 15) is 0 Å². The maximum absolute atomic E-state index is 5.36. The van der Waals surface area contributed by atoms with Gasteiger partial charge >= 0.3 is 0 Å². The van der Waals surface area contributed by atoms with Crippen LogP contribution in [0.5, 0.6) is 0 Å². The minimum atomic E-state index is 0.695. The molecule has 3 nitrogen and oxygen atoms in total. The lowest BCUT2D eigenvalue weighted by Gasteiger charge is -2.16. The van der Waals surface area contributed by atoms with Crippen molar-refractivity contribution in [3.63, 3.8) is 0 Å². The van der Waals surface area contributed by atoms with Crippen LogP contribution in [0, 0.1) is 0 Å². The van der Waals surface area contributed by atoms with E-state index in [0.29, 0.717) is 5.82 Å². The van der Waals surface area contributed by atoms with Crippen molar-refractivity contribution in [2.75, 3.05) is 0 Å². The number of pyridine rings is 1. The first-order valence-electron chi connectivity index (χ1n) is 18.5. The molecule has 0 N–H and O–H groups in total. The second-order valence-corrected chi connectivity index (χ2v) is 15.1. The molecule has 0 aliphatic rings. The fourth-order valence-electron chi connectivity index (χ4n) is 8.02. The summed E-state index contributed by atoms with van der Waals surface area (Å²) in [7, 11) is 0. The van der Waals surface area contributed by atoms with Crippen LogP contribution in [0.25, 0.3) is 109 Å². The van der Waals surface area contributed by atoms with Crippen molar-refractivity contribution >= 4 is 64.0 Å². The Bertz CT molecular complexity index is 3270. The first-order chi connectivity index (χ1) is 27.2. The molecule has 0 spiro atoms. The number of thiophene rings is 1. The lowest BCUT2D eigenvalue weighted by atomic mass is 9.90. The van der Waals surface area contributed by atoms with Crippen LogP contribution in [0.3, 0.4) is 0 Å². The van der Waals surface area contributed by atoms with Crippen molar-refractivity contribution in [3.05, 3.63) is 188 Å². The standard InChI is InChI=1S/C51H31N3S/c1-2-13-33(14-3-1)46-31-47(54-51(53-46)36-23-22-32-12-4-5-15-34(32)26-36)39-28-37(41-24-25-52-49-44-20-10-11-21-48(44)55-50(41)49)27-38(29-39)45-30-35-16-6-7-17-40(35)42-18-8-9-19-43(42)45/h1-31H. The summed E-state index contributed by atoms with van der Waals surface area (Å²) in [6.07, 6.45) is 1.95. The van der Waals surface area contributed by atoms with Gasteiger partial charge in [-0.05, 0) is 97.5 Å². The van der Waals surface area contributed by atoms with E-state index < -0.39 is 0 Å². The topological polar surface area (TPSA) is 38.7 Å². The van der Waals surface area contributed by atoms with Gasteiger partial charge in [-0.1, -0.05) is 133 Å². The molecular weight excluding hydrogens is 687 g/mol. The first-order valence-corrected chi connectivity index (χ1v) is 19.3. The summed E-state index contributed by atoms with van der Waals surface area (Å²) in [5.74, 6) is 0.695. The third-order valence-electron chi connectivity index (χ3n) is 10.7. The van der Waals surface area contributed by atoms with E-state index in [1.807, 2.05) is 12.3 Å². The lowest BCUT2D eigenvalue weighted by Crippen LogP contribution is -1.97. The molecule has 0 saturated heterocycles. The fourth-order valence-corrected chi connectivity index (χ4v) is 9.22. The smallest absolute Gasteiger partial charge is 0.160 e. The highest BCUT2D eigenvalue weighted by molar-refractivity contribution is 7.26. The molecule has 3 heterocycles. The zero-order valence-corrected chi connectivity index (χ0v) is 30.5. The van der Waals surface area contributed by atoms with Gasteiger partial charge in [-0.15, -0.1) is 11.3 Å². The van der Waals surface area contributed by atoms with Gasteiger partial charge in [0.2, 0.25) is 0 Å². The summed E-state index contributed by atoms with van der Waals surface area (Å²) in [5.41, 5.74) is 10.4. The fraction of sp³-hybridized carbons (Fsp3) is 0. The largest absolute Gasteiger partial charge is 0.255 e. The molecule has 0 unspecified atom stereocenters. The summed E-state index contributed by atoms with van der Waals surface area (Å²) >= 11 is 1.80. The van der Waals surface area contributed by atoms with Gasteiger partial charge in [0, 0.05) is 38.5 Å². The molecular formula is C51H31N3S. The minimum Gasteiger partial charge on any atom is -0.255 e. The van der Waals surface area contributed by atoms with Crippen molar-refractivity contribution in [2.24, 2.45) is 0 Å². The van der Waals surface area contributed by atoms with Crippen molar-refractivity contribution in [2.45, 2.75) is 0 Å².